The van der Waals surface area contributed by atoms with E-state index >= 15 is 0 Å². The molecule has 0 aliphatic rings. The monoisotopic (exact) mass is 223 g/mol. The van der Waals surface area contributed by atoms with Gasteiger partial charge in [-0.05, 0) is 19.8 Å². The minimum absolute atomic E-state index is 0.0996. The maximum atomic E-state index is 11.5. The van der Waals surface area contributed by atoms with Gasteiger partial charge in [-0.25, -0.2) is 10.1 Å². The third-order valence-electron chi connectivity index (χ3n) is 1.79. The van der Waals surface area contributed by atoms with Crippen molar-refractivity contribution in [3.63, 3.8) is 0 Å². The predicted molar refractivity (Wildman–Crippen MR) is 58.1 cm³/mol. The van der Waals surface area contributed by atoms with Gasteiger partial charge >= 0.3 is 7.75 Å². The standard InChI is InChI=1S/C9H22NO3P/c1-4-6-8-12-14(10,11)13-9(3)7-5-2/h9H,4-8H2,1-3H3,(H2,10,11). The molecule has 0 heterocycles. The molecule has 14 heavy (non-hydrogen) atoms. The summed E-state index contributed by atoms with van der Waals surface area (Å²) in [6.07, 6.45) is 3.57. The van der Waals surface area contributed by atoms with Crippen LogP contribution in [0.5, 0.6) is 0 Å². The summed E-state index contributed by atoms with van der Waals surface area (Å²) in [5.74, 6) is 0. The van der Waals surface area contributed by atoms with Gasteiger partial charge in [-0.1, -0.05) is 26.7 Å². The van der Waals surface area contributed by atoms with Crippen LogP contribution in [0.2, 0.25) is 0 Å². The lowest BCUT2D eigenvalue weighted by Gasteiger charge is -2.18. The molecule has 0 aromatic carbocycles. The van der Waals surface area contributed by atoms with Crippen LogP contribution in [0.3, 0.4) is 0 Å². The minimum atomic E-state index is -3.31. The van der Waals surface area contributed by atoms with Crippen LogP contribution in [0.4, 0.5) is 0 Å². The van der Waals surface area contributed by atoms with Crippen molar-refractivity contribution in [1.82, 2.24) is 0 Å². The van der Waals surface area contributed by atoms with Crippen LogP contribution in [0.1, 0.15) is 46.5 Å². The molecule has 0 radical (unpaired) electrons. The van der Waals surface area contributed by atoms with Gasteiger partial charge in [-0.2, -0.15) is 0 Å². The molecule has 0 saturated carbocycles. The van der Waals surface area contributed by atoms with E-state index in [4.69, 9.17) is 14.6 Å². The van der Waals surface area contributed by atoms with E-state index in [1.807, 2.05) is 20.8 Å². The van der Waals surface area contributed by atoms with Gasteiger partial charge in [-0.3, -0.25) is 9.05 Å². The lowest BCUT2D eigenvalue weighted by Crippen LogP contribution is -2.12. The van der Waals surface area contributed by atoms with E-state index in [9.17, 15) is 4.57 Å². The highest BCUT2D eigenvalue weighted by Gasteiger charge is 2.20. The largest absolute Gasteiger partial charge is 0.403 e. The maximum absolute atomic E-state index is 11.5. The molecule has 2 unspecified atom stereocenters. The SMILES string of the molecule is CCCCOP(N)(=O)OC(C)CCC. The van der Waals surface area contributed by atoms with Crippen molar-refractivity contribution < 1.29 is 13.6 Å². The van der Waals surface area contributed by atoms with E-state index in [-0.39, 0.29) is 6.10 Å². The minimum Gasteiger partial charge on any atom is -0.297 e. The highest BCUT2D eigenvalue weighted by Crippen LogP contribution is 2.41. The van der Waals surface area contributed by atoms with Crippen molar-refractivity contribution >= 4 is 7.75 Å². The summed E-state index contributed by atoms with van der Waals surface area (Å²) in [6, 6.07) is 0. The average Bonchev–Trinajstić information content (AvgIpc) is 2.03. The van der Waals surface area contributed by atoms with Crippen molar-refractivity contribution in [3.05, 3.63) is 0 Å². The van der Waals surface area contributed by atoms with Crippen molar-refractivity contribution in [2.45, 2.75) is 52.6 Å². The molecule has 0 aliphatic carbocycles. The molecule has 0 saturated heterocycles. The van der Waals surface area contributed by atoms with Crippen LogP contribution in [-0.4, -0.2) is 12.7 Å². The summed E-state index contributed by atoms with van der Waals surface area (Å²) in [7, 11) is -3.31. The first-order chi connectivity index (χ1) is 6.52. The Morgan fingerprint density at radius 3 is 2.50 bits per heavy atom. The molecule has 2 atom stereocenters. The molecule has 0 spiro atoms. The second kappa shape index (κ2) is 7.41. The first-order valence-electron chi connectivity index (χ1n) is 5.23. The van der Waals surface area contributed by atoms with Gasteiger partial charge in [0.25, 0.3) is 0 Å². The molecule has 86 valence electrons. The fraction of sp³-hybridized carbons (Fsp3) is 1.00. The smallest absolute Gasteiger partial charge is 0.297 e. The molecule has 0 fully saturated rings. The van der Waals surface area contributed by atoms with Gasteiger partial charge in [0.1, 0.15) is 0 Å². The lowest BCUT2D eigenvalue weighted by molar-refractivity contribution is 0.150. The molecule has 0 amide bonds. The van der Waals surface area contributed by atoms with E-state index in [0.717, 1.165) is 25.7 Å². The maximum Gasteiger partial charge on any atom is 0.403 e. The Hall–Kier alpha value is 0.110. The Bertz CT molecular complexity index is 187. The molecular formula is C9H22NO3P. The first-order valence-corrected chi connectivity index (χ1v) is 6.84. The molecule has 4 nitrogen and oxygen atoms in total. The van der Waals surface area contributed by atoms with Crippen LogP contribution in [-0.2, 0) is 13.6 Å². The number of hydrogen-bond donors (Lipinski definition) is 1. The van der Waals surface area contributed by atoms with Gasteiger partial charge < -0.3 is 0 Å². The van der Waals surface area contributed by atoms with Gasteiger partial charge in [0.05, 0.1) is 12.7 Å². The van der Waals surface area contributed by atoms with Crippen LogP contribution in [0.15, 0.2) is 0 Å². The topological polar surface area (TPSA) is 61.5 Å². The van der Waals surface area contributed by atoms with E-state index in [2.05, 4.69) is 0 Å². The van der Waals surface area contributed by atoms with E-state index in [1.54, 1.807) is 0 Å². The summed E-state index contributed by atoms with van der Waals surface area (Å²) in [6.45, 7) is 6.33. The average molecular weight is 223 g/mol. The predicted octanol–water partition coefficient (Wildman–Crippen LogP) is 3.08. The first kappa shape index (κ1) is 14.1. The molecule has 2 N–H and O–H groups in total. The summed E-state index contributed by atoms with van der Waals surface area (Å²) in [5, 5.41) is 0. The van der Waals surface area contributed by atoms with Crippen molar-refractivity contribution in [2.24, 2.45) is 5.50 Å². The van der Waals surface area contributed by atoms with E-state index in [0.29, 0.717) is 6.61 Å². The Kier molecular flexibility index (Phi) is 7.47. The quantitative estimate of drug-likeness (QED) is 0.507. The van der Waals surface area contributed by atoms with Gasteiger partial charge in [-0.15, -0.1) is 0 Å². The number of nitrogens with two attached hydrogens (primary N) is 1. The third kappa shape index (κ3) is 7.51. The van der Waals surface area contributed by atoms with Gasteiger partial charge in [0.2, 0.25) is 0 Å². The highest BCUT2D eigenvalue weighted by atomic mass is 31.2. The summed E-state index contributed by atoms with van der Waals surface area (Å²) < 4.78 is 21.6. The van der Waals surface area contributed by atoms with Crippen molar-refractivity contribution in [1.29, 1.82) is 0 Å². The zero-order chi connectivity index (χ0) is 11.0. The van der Waals surface area contributed by atoms with Gasteiger partial charge in [0, 0.05) is 0 Å². The number of unbranched alkanes of at least 4 members (excludes halogenated alkanes) is 1. The van der Waals surface area contributed by atoms with Crippen LogP contribution < -0.4 is 5.50 Å². The van der Waals surface area contributed by atoms with Crippen LogP contribution in [0.25, 0.3) is 0 Å². The Morgan fingerprint density at radius 2 is 2.00 bits per heavy atom. The molecule has 0 aliphatic heterocycles. The summed E-state index contributed by atoms with van der Waals surface area (Å²) in [4.78, 5) is 0. The molecule has 0 bridgehead atoms. The number of hydrogen-bond acceptors (Lipinski definition) is 3. The summed E-state index contributed by atoms with van der Waals surface area (Å²) >= 11 is 0. The summed E-state index contributed by atoms with van der Waals surface area (Å²) in [5.41, 5.74) is 5.40. The number of rotatable bonds is 8. The second-order valence-electron chi connectivity index (χ2n) is 3.43. The fourth-order valence-corrected chi connectivity index (χ4v) is 2.13. The van der Waals surface area contributed by atoms with E-state index in [1.165, 1.54) is 0 Å². The van der Waals surface area contributed by atoms with E-state index < -0.39 is 7.75 Å². The third-order valence-corrected chi connectivity index (χ3v) is 2.99. The Balaban J connectivity index is 3.76. The zero-order valence-corrected chi connectivity index (χ0v) is 10.3. The van der Waals surface area contributed by atoms with Gasteiger partial charge in [0.15, 0.2) is 0 Å². The Morgan fingerprint density at radius 1 is 1.36 bits per heavy atom. The lowest BCUT2D eigenvalue weighted by atomic mass is 10.2. The molecule has 0 aromatic rings. The molecule has 0 rings (SSSR count). The van der Waals surface area contributed by atoms with Crippen molar-refractivity contribution in [3.8, 4) is 0 Å². The fourth-order valence-electron chi connectivity index (χ4n) is 1.08. The Labute approximate surface area is 86.7 Å². The van der Waals surface area contributed by atoms with Crippen LogP contribution in [0, 0.1) is 0 Å². The zero-order valence-electron chi connectivity index (χ0n) is 9.36. The molecular weight excluding hydrogens is 201 g/mol. The second-order valence-corrected chi connectivity index (χ2v) is 4.98. The molecule has 5 heteroatoms. The molecule has 0 aromatic heterocycles. The van der Waals surface area contributed by atoms with Crippen LogP contribution >= 0.6 is 7.75 Å². The highest BCUT2D eigenvalue weighted by molar-refractivity contribution is 7.51. The normalized spacial score (nSPS) is 17.7. The van der Waals surface area contributed by atoms with Crippen molar-refractivity contribution in [2.75, 3.05) is 6.61 Å².